The molecule has 0 aromatic heterocycles. The summed E-state index contributed by atoms with van der Waals surface area (Å²) >= 11 is 0. The Kier molecular flexibility index (Phi) is 11.8. The van der Waals surface area contributed by atoms with Crippen LogP contribution in [0.25, 0.3) is 0 Å². The molecule has 0 saturated heterocycles. The van der Waals surface area contributed by atoms with Crippen LogP contribution in [0, 0.1) is 5.92 Å². The number of rotatable bonds is 3. The van der Waals surface area contributed by atoms with Gasteiger partial charge in [0.15, 0.2) is 0 Å². The summed E-state index contributed by atoms with van der Waals surface area (Å²) in [6.07, 6.45) is 8.53. The molecule has 0 bridgehead atoms. The lowest BCUT2D eigenvalue weighted by Crippen LogP contribution is -2.13. The predicted molar refractivity (Wildman–Crippen MR) is 88.7 cm³/mol. The molecule has 0 nitrogen and oxygen atoms in total. The molecule has 0 amide bonds. The first-order chi connectivity index (χ1) is 9.40. The fourth-order valence-corrected chi connectivity index (χ4v) is 2.92. The highest BCUT2D eigenvalue weighted by Crippen LogP contribution is 2.37. The van der Waals surface area contributed by atoms with Crippen LogP contribution in [0.1, 0.15) is 84.6 Å². The van der Waals surface area contributed by atoms with Crippen molar-refractivity contribution in [2.24, 2.45) is 5.92 Å². The van der Waals surface area contributed by atoms with Crippen LogP contribution in [0.15, 0.2) is 30.3 Å². The highest BCUT2D eigenvalue weighted by molar-refractivity contribution is 5.19. The van der Waals surface area contributed by atoms with E-state index in [0.717, 1.165) is 11.8 Å². The Morgan fingerprint density at radius 2 is 1.37 bits per heavy atom. The van der Waals surface area contributed by atoms with E-state index >= 15 is 0 Å². The minimum absolute atomic E-state index is 0.847. The topological polar surface area (TPSA) is 0 Å². The van der Waals surface area contributed by atoms with Crippen LogP contribution in [-0.2, 0) is 0 Å². The van der Waals surface area contributed by atoms with Crippen LogP contribution < -0.4 is 0 Å². The maximum absolute atomic E-state index is 2.31. The lowest BCUT2D eigenvalue weighted by molar-refractivity contribution is 0.308. The van der Waals surface area contributed by atoms with E-state index in [4.69, 9.17) is 0 Å². The third-order valence-corrected chi connectivity index (χ3v) is 3.81. The van der Waals surface area contributed by atoms with E-state index in [9.17, 15) is 0 Å². The molecule has 2 rings (SSSR count). The van der Waals surface area contributed by atoms with Gasteiger partial charge in [-0.25, -0.2) is 0 Å². The summed E-state index contributed by atoms with van der Waals surface area (Å²) in [5, 5.41) is 0. The molecule has 0 atom stereocenters. The molecular weight excluding hydrogens is 228 g/mol. The highest BCUT2D eigenvalue weighted by atomic mass is 14.3. The number of hydrogen-bond donors (Lipinski definition) is 0. The maximum atomic E-state index is 2.31. The van der Waals surface area contributed by atoms with Crippen molar-refractivity contribution < 1.29 is 0 Å². The van der Waals surface area contributed by atoms with Crippen LogP contribution in [0.4, 0.5) is 0 Å². The zero-order valence-corrected chi connectivity index (χ0v) is 13.8. The predicted octanol–water partition coefficient (Wildman–Crippen LogP) is 6.81. The van der Waals surface area contributed by atoms with E-state index in [2.05, 4.69) is 37.3 Å². The molecule has 19 heavy (non-hydrogen) atoms. The first-order valence-electron chi connectivity index (χ1n) is 8.45. The van der Waals surface area contributed by atoms with Crippen LogP contribution in [0.3, 0.4) is 0 Å². The van der Waals surface area contributed by atoms with E-state index in [1.165, 1.54) is 38.5 Å². The van der Waals surface area contributed by atoms with Gasteiger partial charge in [0, 0.05) is 0 Å². The summed E-state index contributed by atoms with van der Waals surface area (Å²) in [5.41, 5.74) is 1.56. The fraction of sp³-hybridized carbons (Fsp3) is 0.684. The molecule has 0 heteroatoms. The minimum Gasteiger partial charge on any atom is -0.0683 e. The molecule has 1 fully saturated rings. The molecule has 0 heterocycles. The second-order valence-corrected chi connectivity index (χ2v) is 4.92. The average molecular weight is 262 g/mol. The molecule has 1 aromatic rings. The Morgan fingerprint density at radius 1 is 0.842 bits per heavy atom. The normalized spacial score (nSPS) is 21.5. The molecule has 1 aliphatic carbocycles. The minimum atomic E-state index is 0.847. The van der Waals surface area contributed by atoms with E-state index < -0.39 is 0 Å². The van der Waals surface area contributed by atoms with Crippen LogP contribution in [0.2, 0.25) is 0 Å². The van der Waals surface area contributed by atoms with Gasteiger partial charge in [0.2, 0.25) is 0 Å². The van der Waals surface area contributed by atoms with Crippen molar-refractivity contribution >= 4 is 0 Å². The Hall–Kier alpha value is -0.780. The molecule has 0 spiro atoms. The molecule has 0 unspecified atom stereocenters. The smallest absolute Gasteiger partial charge is 0.0162 e. The van der Waals surface area contributed by atoms with Crippen LogP contribution >= 0.6 is 0 Å². The van der Waals surface area contributed by atoms with Gasteiger partial charge in [-0.2, -0.15) is 0 Å². The standard InChI is InChI=1S/C15H22.2C2H6/c1-2-6-13-9-11-15(12-10-13)14-7-4-3-5-8-14;2*1-2/h3-5,7-8,13,15H,2,6,9-12H2,1H3;2*1-2H3. The second-order valence-electron chi connectivity index (χ2n) is 4.92. The Labute approximate surface area is 121 Å². The molecule has 0 N–H and O–H groups in total. The van der Waals surface area contributed by atoms with Crippen molar-refractivity contribution in [1.82, 2.24) is 0 Å². The monoisotopic (exact) mass is 262 g/mol. The van der Waals surface area contributed by atoms with E-state index in [1.807, 2.05) is 27.7 Å². The quantitative estimate of drug-likeness (QED) is 0.561. The molecule has 1 saturated carbocycles. The summed E-state index contributed by atoms with van der Waals surface area (Å²) in [5.74, 6) is 1.87. The molecule has 110 valence electrons. The van der Waals surface area contributed by atoms with Crippen molar-refractivity contribution in [3.63, 3.8) is 0 Å². The summed E-state index contributed by atoms with van der Waals surface area (Å²) in [6, 6.07) is 11.1. The van der Waals surface area contributed by atoms with Gasteiger partial charge in [0.25, 0.3) is 0 Å². The van der Waals surface area contributed by atoms with E-state index in [1.54, 1.807) is 5.56 Å². The van der Waals surface area contributed by atoms with Gasteiger partial charge in [-0.15, -0.1) is 0 Å². The largest absolute Gasteiger partial charge is 0.0683 e. The third kappa shape index (κ3) is 6.80. The van der Waals surface area contributed by atoms with Gasteiger partial charge >= 0.3 is 0 Å². The number of benzene rings is 1. The van der Waals surface area contributed by atoms with Gasteiger partial charge in [0.05, 0.1) is 0 Å². The second kappa shape index (κ2) is 12.3. The summed E-state index contributed by atoms with van der Waals surface area (Å²) in [4.78, 5) is 0. The van der Waals surface area contributed by atoms with Crippen molar-refractivity contribution in [2.45, 2.75) is 79.1 Å². The lowest BCUT2D eigenvalue weighted by atomic mass is 9.77. The van der Waals surface area contributed by atoms with Crippen LogP contribution in [0.5, 0.6) is 0 Å². The molecule has 1 aromatic carbocycles. The van der Waals surface area contributed by atoms with Crippen LogP contribution in [-0.4, -0.2) is 0 Å². The molecule has 0 aliphatic heterocycles. The van der Waals surface area contributed by atoms with Gasteiger partial charge in [-0.3, -0.25) is 0 Å². The highest BCUT2D eigenvalue weighted by Gasteiger charge is 2.21. The zero-order valence-electron chi connectivity index (χ0n) is 13.8. The fourth-order valence-electron chi connectivity index (χ4n) is 2.92. The van der Waals surface area contributed by atoms with Crippen molar-refractivity contribution in [1.29, 1.82) is 0 Å². The van der Waals surface area contributed by atoms with Gasteiger partial charge in [-0.1, -0.05) is 77.8 Å². The number of hydrogen-bond acceptors (Lipinski definition) is 0. The molecule has 0 radical (unpaired) electrons. The summed E-state index contributed by atoms with van der Waals surface area (Å²) in [7, 11) is 0. The van der Waals surface area contributed by atoms with E-state index in [0.29, 0.717) is 0 Å². The first-order valence-corrected chi connectivity index (χ1v) is 8.45. The van der Waals surface area contributed by atoms with Gasteiger partial charge in [0.1, 0.15) is 0 Å². The first kappa shape index (κ1) is 18.2. The van der Waals surface area contributed by atoms with Crippen molar-refractivity contribution in [3.05, 3.63) is 35.9 Å². The average Bonchev–Trinajstić information content (AvgIpc) is 2.53. The van der Waals surface area contributed by atoms with Gasteiger partial charge < -0.3 is 0 Å². The Bertz CT molecular complexity index is 267. The molecular formula is C19H34. The summed E-state index contributed by atoms with van der Waals surface area (Å²) in [6.45, 7) is 10.3. The zero-order chi connectivity index (χ0) is 14.5. The third-order valence-electron chi connectivity index (χ3n) is 3.81. The van der Waals surface area contributed by atoms with Gasteiger partial charge in [-0.05, 0) is 43.1 Å². The lowest BCUT2D eigenvalue weighted by Gasteiger charge is -2.28. The SMILES string of the molecule is CC.CC.CCCC1CCC(c2ccccc2)CC1. The van der Waals surface area contributed by atoms with Crippen molar-refractivity contribution in [2.75, 3.05) is 0 Å². The van der Waals surface area contributed by atoms with Crippen molar-refractivity contribution in [3.8, 4) is 0 Å². The summed E-state index contributed by atoms with van der Waals surface area (Å²) < 4.78 is 0. The van der Waals surface area contributed by atoms with E-state index in [-0.39, 0.29) is 0 Å². The Morgan fingerprint density at radius 3 is 1.84 bits per heavy atom. The Balaban J connectivity index is 0.000000741. The molecule has 1 aliphatic rings. The maximum Gasteiger partial charge on any atom is -0.0162 e.